The molecule has 2 nitrogen and oxygen atoms in total. The van der Waals surface area contributed by atoms with Gasteiger partial charge in [-0.2, -0.15) is 0 Å². The van der Waals surface area contributed by atoms with Crippen LogP contribution in [0.3, 0.4) is 0 Å². The van der Waals surface area contributed by atoms with Gasteiger partial charge in [0.15, 0.2) is 0 Å². The third-order valence-corrected chi connectivity index (χ3v) is 2.54. The zero-order valence-corrected chi connectivity index (χ0v) is 12.1. The molecule has 0 aliphatic heterocycles. The normalized spacial score (nSPS) is 12.3. The van der Waals surface area contributed by atoms with E-state index in [4.69, 9.17) is 4.74 Å². The van der Waals surface area contributed by atoms with Crippen molar-refractivity contribution in [3.63, 3.8) is 0 Å². The molecule has 0 fully saturated rings. The van der Waals surface area contributed by atoms with Gasteiger partial charge in [-0.15, -0.1) is 0 Å². The second kappa shape index (κ2) is 5.55. The molecule has 0 unspecified atom stereocenters. The maximum Gasteiger partial charge on any atom is 0.310 e. The Bertz CT molecular complexity index is 385. The molecule has 0 atom stereocenters. The van der Waals surface area contributed by atoms with E-state index in [1.807, 2.05) is 44.2 Å². The molecule has 0 bridgehead atoms. The van der Waals surface area contributed by atoms with E-state index < -0.39 is 5.60 Å². The number of carbonyl (C=O) groups excluding carboxylic acids is 1. The van der Waals surface area contributed by atoms with Crippen LogP contribution in [0.1, 0.15) is 46.6 Å². The Hall–Kier alpha value is -1.31. The summed E-state index contributed by atoms with van der Waals surface area (Å²) in [6.45, 7) is 10.4. The molecule has 0 saturated heterocycles. The summed E-state index contributed by atoms with van der Waals surface area (Å²) in [4.78, 5) is 11.9. The third-order valence-electron chi connectivity index (χ3n) is 2.54. The van der Waals surface area contributed by atoms with Gasteiger partial charge in [-0.3, -0.25) is 4.79 Å². The highest BCUT2D eigenvalue weighted by Gasteiger charge is 2.28. The van der Waals surface area contributed by atoms with Gasteiger partial charge in [-0.05, 0) is 31.2 Å². The van der Waals surface area contributed by atoms with Crippen LogP contribution in [-0.2, 0) is 16.0 Å². The molecular weight excluding hydrogens is 224 g/mol. The van der Waals surface area contributed by atoms with Crippen molar-refractivity contribution < 1.29 is 9.53 Å². The Morgan fingerprint density at radius 2 is 1.61 bits per heavy atom. The van der Waals surface area contributed by atoms with Crippen LogP contribution in [0.15, 0.2) is 30.3 Å². The molecule has 0 saturated carbocycles. The van der Waals surface area contributed by atoms with Gasteiger partial charge in [0.25, 0.3) is 0 Å². The summed E-state index contributed by atoms with van der Waals surface area (Å²) in [5.74, 6) is -0.157. The van der Waals surface area contributed by atoms with Crippen molar-refractivity contribution in [2.24, 2.45) is 5.41 Å². The molecule has 2 heteroatoms. The fourth-order valence-electron chi connectivity index (χ4n) is 2.42. The lowest BCUT2D eigenvalue weighted by molar-refractivity contribution is -0.158. The summed E-state index contributed by atoms with van der Waals surface area (Å²) in [7, 11) is 0. The summed E-state index contributed by atoms with van der Waals surface area (Å²) in [5.41, 5.74) is 0.731. The molecule has 1 aromatic carbocycles. The Morgan fingerprint density at radius 3 is 2.11 bits per heavy atom. The standard InChI is InChI=1S/C16H24O2/c1-15(2,3)12-16(4,5)18-14(17)11-13-9-7-6-8-10-13/h6-10H,11-12H2,1-5H3. The fraction of sp³-hybridized carbons (Fsp3) is 0.562. The third kappa shape index (κ3) is 5.85. The first-order chi connectivity index (χ1) is 8.18. The highest BCUT2D eigenvalue weighted by Crippen LogP contribution is 2.29. The Labute approximate surface area is 110 Å². The van der Waals surface area contributed by atoms with Crippen LogP contribution in [0.5, 0.6) is 0 Å². The van der Waals surface area contributed by atoms with E-state index in [0.717, 1.165) is 12.0 Å². The van der Waals surface area contributed by atoms with Crippen LogP contribution in [0.4, 0.5) is 0 Å². The maximum atomic E-state index is 11.9. The van der Waals surface area contributed by atoms with Crippen molar-refractivity contribution in [1.82, 2.24) is 0 Å². The molecule has 0 aliphatic carbocycles. The minimum absolute atomic E-state index is 0.149. The predicted molar refractivity (Wildman–Crippen MR) is 74.4 cm³/mol. The number of hydrogen-bond acceptors (Lipinski definition) is 2. The monoisotopic (exact) mass is 248 g/mol. The summed E-state index contributed by atoms with van der Waals surface area (Å²) >= 11 is 0. The Balaban J connectivity index is 2.54. The fourth-order valence-corrected chi connectivity index (χ4v) is 2.42. The van der Waals surface area contributed by atoms with Crippen LogP contribution in [0.2, 0.25) is 0 Å². The molecule has 0 amide bonds. The number of ether oxygens (including phenoxy) is 1. The van der Waals surface area contributed by atoms with Gasteiger partial charge in [0, 0.05) is 0 Å². The molecule has 18 heavy (non-hydrogen) atoms. The molecule has 0 heterocycles. The molecular formula is C16H24O2. The average Bonchev–Trinajstić information content (AvgIpc) is 2.13. The summed E-state index contributed by atoms with van der Waals surface area (Å²) in [6.07, 6.45) is 1.19. The van der Waals surface area contributed by atoms with Gasteiger partial charge >= 0.3 is 5.97 Å². The minimum atomic E-state index is -0.413. The van der Waals surface area contributed by atoms with Gasteiger partial charge < -0.3 is 4.74 Å². The largest absolute Gasteiger partial charge is 0.459 e. The van der Waals surface area contributed by atoms with Gasteiger partial charge in [0.1, 0.15) is 5.60 Å². The van der Waals surface area contributed by atoms with E-state index in [1.54, 1.807) is 0 Å². The zero-order chi connectivity index (χ0) is 13.8. The van der Waals surface area contributed by atoms with Crippen LogP contribution in [-0.4, -0.2) is 11.6 Å². The van der Waals surface area contributed by atoms with E-state index in [9.17, 15) is 4.79 Å². The maximum absolute atomic E-state index is 11.9. The lowest BCUT2D eigenvalue weighted by Gasteiger charge is -2.32. The molecule has 0 radical (unpaired) electrons. The van der Waals surface area contributed by atoms with Crippen LogP contribution in [0.25, 0.3) is 0 Å². The summed E-state index contributed by atoms with van der Waals surface area (Å²) in [5, 5.41) is 0. The lowest BCUT2D eigenvalue weighted by atomic mass is 9.83. The number of hydrogen-bond donors (Lipinski definition) is 0. The Kier molecular flexibility index (Phi) is 4.55. The summed E-state index contributed by atoms with van der Waals surface area (Å²) in [6, 6.07) is 9.69. The Morgan fingerprint density at radius 1 is 1.06 bits per heavy atom. The van der Waals surface area contributed by atoms with Gasteiger partial charge in [0.2, 0.25) is 0 Å². The quantitative estimate of drug-likeness (QED) is 0.753. The van der Waals surface area contributed by atoms with E-state index in [-0.39, 0.29) is 11.4 Å². The first kappa shape index (κ1) is 14.7. The smallest absolute Gasteiger partial charge is 0.310 e. The predicted octanol–water partition coefficient (Wildman–Crippen LogP) is 3.99. The molecule has 0 N–H and O–H groups in total. The van der Waals surface area contributed by atoms with Gasteiger partial charge in [-0.1, -0.05) is 51.1 Å². The first-order valence-corrected chi connectivity index (χ1v) is 6.44. The van der Waals surface area contributed by atoms with E-state index >= 15 is 0 Å². The molecule has 1 rings (SSSR count). The lowest BCUT2D eigenvalue weighted by Crippen LogP contribution is -2.33. The second-order valence-electron chi connectivity index (χ2n) is 6.63. The molecule has 0 spiro atoms. The van der Waals surface area contributed by atoms with Crippen LogP contribution in [0, 0.1) is 5.41 Å². The molecule has 0 aliphatic rings. The average molecular weight is 248 g/mol. The van der Waals surface area contributed by atoms with Crippen molar-refractivity contribution in [2.75, 3.05) is 0 Å². The van der Waals surface area contributed by atoms with Crippen molar-refractivity contribution in [3.05, 3.63) is 35.9 Å². The van der Waals surface area contributed by atoms with Crippen LogP contribution >= 0.6 is 0 Å². The summed E-state index contributed by atoms with van der Waals surface area (Å²) < 4.78 is 5.58. The van der Waals surface area contributed by atoms with E-state index in [2.05, 4.69) is 20.8 Å². The topological polar surface area (TPSA) is 26.3 Å². The van der Waals surface area contributed by atoms with Crippen LogP contribution < -0.4 is 0 Å². The molecule has 1 aromatic rings. The van der Waals surface area contributed by atoms with E-state index in [0.29, 0.717) is 6.42 Å². The number of carbonyl (C=O) groups is 1. The highest BCUT2D eigenvalue weighted by molar-refractivity contribution is 5.72. The number of rotatable bonds is 4. The van der Waals surface area contributed by atoms with Crippen molar-refractivity contribution in [3.8, 4) is 0 Å². The van der Waals surface area contributed by atoms with E-state index in [1.165, 1.54) is 0 Å². The second-order valence-corrected chi connectivity index (χ2v) is 6.63. The molecule has 100 valence electrons. The van der Waals surface area contributed by atoms with Gasteiger partial charge in [-0.25, -0.2) is 0 Å². The van der Waals surface area contributed by atoms with Gasteiger partial charge in [0.05, 0.1) is 6.42 Å². The minimum Gasteiger partial charge on any atom is -0.459 e. The SMILES string of the molecule is CC(C)(C)CC(C)(C)OC(=O)Cc1ccccc1. The number of esters is 1. The highest BCUT2D eigenvalue weighted by atomic mass is 16.6. The molecule has 0 aromatic heterocycles. The van der Waals surface area contributed by atoms with Crippen molar-refractivity contribution >= 4 is 5.97 Å². The van der Waals surface area contributed by atoms with Crippen molar-refractivity contribution in [2.45, 2.75) is 53.1 Å². The van der Waals surface area contributed by atoms with Crippen molar-refractivity contribution in [1.29, 1.82) is 0 Å². The zero-order valence-electron chi connectivity index (χ0n) is 12.1. The first-order valence-electron chi connectivity index (χ1n) is 6.44. The number of benzene rings is 1.